The van der Waals surface area contributed by atoms with E-state index in [9.17, 15) is 9.59 Å². The first-order chi connectivity index (χ1) is 16.0. The number of esters is 1. The van der Waals surface area contributed by atoms with Crippen molar-refractivity contribution in [2.45, 2.75) is 25.7 Å². The number of morpholine rings is 1. The van der Waals surface area contributed by atoms with Gasteiger partial charge in [-0.05, 0) is 44.0 Å². The van der Waals surface area contributed by atoms with Gasteiger partial charge in [-0.2, -0.15) is 5.10 Å². The monoisotopic (exact) mass is 449 g/mol. The standard InChI is InChI=1S/C24H27N5O4/c1-14-21-18(13-20(15-4-5-15)25-22(21)28(2)27-14)23(30)26-19-7-6-16(12-17(19)24(31)32-3)29-8-10-33-11-9-29/h6-7,12-13,15H,4-5,8-11H2,1-3H3,(H,26,30). The molecule has 2 aromatic heterocycles. The molecule has 0 spiro atoms. The van der Waals surface area contributed by atoms with Crippen LogP contribution in [0.25, 0.3) is 11.0 Å². The lowest BCUT2D eigenvalue weighted by Gasteiger charge is -2.29. The van der Waals surface area contributed by atoms with Crippen molar-refractivity contribution in [1.29, 1.82) is 0 Å². The zero-order valence-corrected chi connectivity index (χ0v) is 19.1. The van der Waals surface area contributed by atoms with Gasteiger partial charge in [0.05, 0.1) is 48.2 Å². The predicted octanol–water partition coefficient (Wildman–Crippen LogP) is 3.03. The molecule has 3 heterocycles. The number of hydrogen-bond acceptors (Lipinski definition) is 7. The number of pyridine rings is 1. The summed E-state index contributed by atoms with van der Waals surface area (Å²) in [7, 11) is 3.17. The van der Waals surface area contributed by atoms with Gasteiger partial charge in [0.2, 0.25) is 0 Å². The maximum atomic E-state index is 13.5. The van der Waals surface area contributed by atoms with Crippen LogP contribution in [-0.2, 0) is 16.5 Å². The maximum absolute atomic E-state index is 13.5. The number of carbonyl (C=O) groups is 2. The fourth-order valence-electron chi connectivity index (χ4n) is 4.36. The van der Waals surface area contributed by atoms with E-state index in [0.29, 0.717) is 41.6 Å². The topological polar surface area (TPSA) is 98.6 Å². The fraction of sp³-hybridized carbons (Fsp3) is 0.417. The number of aromatic nitrogens is 3. The molecule has 1 aromatic carbocycles. The molecule has 33 heavy (non-hydrogen) atoms. The molecule has 0 unspecified atom stereocenters. The van der Waals surface area contributed by atoms with Crippen LogP contribution in [0.15, 0.2) is 24.3 Å². The third-order valence-electron chi connectivity index (χ3n) is 6.26. The van der Waals surface area contributed by atoms with Crippen molar-refractivity contribution in [2.24, 2.45) is 7.05 Å². The van der Waals surface area contributed by atoms with E-state index in [-0.39, 0.29) is 5.91 Å². The highest BCUT2D eigenvalue weighted by Gasteiger charge is 2.29. The number of hydrogen-bond donors (Lipinski definition) is 1. The van der Waals surface area contributed by atoms with E-state index < -0.39 is 5.97 Å². The van der Waals surface area contributed by atoms with Crippen molar-refractivity contribution in [3.63, 3.8) is 0 Å². The minimum absolute atomic E-state index is 0.301. The summed E-state index contributed by atoms with van der Waals surface area (Å²) in [6.07, 6.45) is 2.15. The van der Waals surface area contributed by atoms with E-state index >= 15 is 0 Å². The third kappa shape index (κ3) is 4.04. The summed E-state index contributed by atoms with van der Waals surface area (Å²) >= 11 is 0. The van der Waals surface area contributed by atoms with Crippen LogP contribution in [0.2, 0.25) is 0 Å². The van der Waals surface area contributed by atoms with Gasteiger partial charge in [-0.1, -0.05) is 0 Å². The lowest BCUT2D eigenvalue weighted by Crippen LogP contribution is -2.36. The lowest BCUT2D eigenvalue weighted by molar-refractivity contribution is 0.0602. The average molecular weight is 450 g/mol. The number of anilines is 2. The van der Waals surface area contributed by atoms with E-state index in [1.54, 1.807) is 16.8 Å². The molecule has 5 rings (SSSR count). The van der Waals surface area contributed by atoms with Crippen molar-refractivity contribution in [3.05, 3.63) is 46.8 Å². The van der Waals surface area contributed by atoms with Gasteiger partial charge in [0.1, 0.15) is 0 Å². The van der Waals surface area contributed by atoms with Gasteiger partial charge in [0.15, 0.2) is 5.65 Å². The molecule has 9 heteroatoms. The Bertz CT molecular complexity index is 1240. The van der Waals surface area contributed by atoms with Crippen molar-refractivity contribution in [2.75, 3.05) is 43.6 Å². The van der Waals surface area contributed by atoms with Crippen LogP contribution in [0.4, 0.5) is 11.4 Å². The predicted molar refractivity (Wildman–Crippen MR) is 124 cm³/mol. The number of ether oxygens (including phenoxy) is 2. The Morgan fingerprint density at radius 1 is 1.15 bits per heavy atom. The second-order valence-corrected chi connectivity index (χ2v) is 8.55. The number of nitrogens with zero attached hydrogens (tertiary/aromatic N) is 4. The molecule has 1 amide bonds. The molecule has 2 aliphatic rings. The van der Waals surface area contributed by atoms with Crippen LogP contribution in [0.5, 0.6) is 0 Å². The van der Waals surface area contributed by atoms with Crippen LogP contribution < -0.4 is 10.2 Å². The highest BCUT2D eigenvalue weighted by Crippen LogP contribution is 2.40. The molecule has 2 fully saturated rings. The highest BCUT2D eigenvalue weighted by molar-refractivity contribution is 6.14. The van der Waals surface area contributed by atoms with Gasteiger partial charge >= 0.3 is 5.97 Å². The molecular weight excluding hydrogens is 422 g/mol. The smallest absolute Gasteiger partial charge is 0.340 e. The van der Waals surface area contributed by atoms with Gasteiger partial charge in [-0.25, -0.2) is 9.78 Å². The van der Waals surface area contributed by atoms with Crippen molar-refractivity contribution in [1.82, 2.24) is 14.8 Å². The van der Waals surface area contributed by atoms with E-state index in [2.05, 4.69) is 15.3 Å². The van der Waals surface area contributed by atoms with Crippen molar-refractivity contribution < 1.29 is 19.1 Å². The first-order valence-corrected chi connectivity index (χ1v) is 11.2. The van der Waals surface area contributed by atoms with E-state index in [0.717, 1.165) is 48.4 Å². The third-order valence-corrected chi connectivity index (χ3v) is 6.26. The molecule has 1 saturated carbocycles. The Hall–Kier alpha value is -3.46. The Kier molecular flexibility index (Phi) is 5.49. The van der Waals surface area contributed by atoms with Gasteiger partial charge in [-0.15, -0.1) is 0 Å². The van der Waals surface area contributed by atoms with Crippen LogP contribution in [0, 0.1) is 6.92 Å². The zero-order valence-electron chi connectivity index (χ0n) is 19.1. The molecule has 1 aliphatic carbocycles. The summed E-state index contributed by atoms with van der Waals surface area (Å²) < 4.78 is 12.1. The van der Waals surface area contributed by atoms with Gasteiger partial charge < -0.3 is 19.7 Å². The number of fused-ring (bicyclic) bond motifs is 1. The second-order valence-electron chi connectivity index (χ2n) is 8.55. The number of nitrogens with one attached hydrogen (secondary N) is 1. The van der Waals surface area contributed by atoms with E-state index in [4.69, 9.17) is 14.5 Å². The van der Waals surface area contributed by atoms with Crippen LogP contribution in [0.3, 0.4) is 0 Å². The molecule has 0 radical (unpaired) electrons. The normalized spacial score (nSPS) is 16.2. The molecule has 172 valence electrons. The van der Waals surface area contributed by atoms with Crippen molar-refractivity contribution >= 4 is 34.3 Å². The zero-order chi connectivity index (χ0) is 23.1. The molecule has 1 N–H and O–H groups in total. The first kappa shape index (κ1) is 21.4. The molecular formula is C24H27N5O4. The molecule has 1 aliphatic heterocycles. The maximum Gasteiger partial charge on any atom is 0.340 e. The fourth-order valence-corrected chi connectivity index (χ4v) is 4.36. The molecule has 9 nitrogen and oxygen atoms in total. The highest BCUT2D eigenvalue weighted by atomic mass is 16.5. The number of carbonyl (C=O) groups excluding carboxylic acids is 2. The van der Waals surface area contributed by atoms with Crippen LogP contribution in [-0.4, -0.2) is 60.1 Å². The summed E-state index contributed by atoms with van der Waals surface area (Å²) in [4.78, 5) is 33.0. The average Bonchev–Trinajstić information content (AvgIpc) is 3.64. The Labute approximate surface area is 191 Å². The second kappa shape index (κ2) is 8.47. The number of amides is 1. The first-order valence-electron chi connectivity index (χ1n) is 11.2. The number of benzene rings is 1. The summed E-state index contributed by atoms with van der Waals surface area (Å²) in [6.45, 7) is 4.63. The van der Waals surface area contributed by atoms with Crippen molar-refractivity contribution in [3.8, 4) is 0 Å². The summed E-state index contributed by atoms with van der Waals surface area (Å²) in [5.41, 5.74) is 4.46. The Balaban J connectivity index is 1.52. The quantitative estimate of drug-likeness (QED) is 0.598. The summed E-state index contributed by atoms with van der Waals surface area (Å²) in [6, 6.07) is 7.29. The Morgan fingerprint density at radius 2 is 1.91 bits per heavy atom. The van der Waals surface area contributed by atoms with Gasteiger partial charge in [0.25, 0.3) is 5.91 Å². The SMILES string of the molecule is COC(=O)c1cc(N2CCOCC2)ccc1NC(=O)c1cc(C2CC2)nc2c1c(C)nn2C. The summed E-state index contributed by atoms with van der Waals surface area (Å²) in [5.74, 6) is -0.421. The van der Waals surface area contributed by atoms with E-state index in [1.165, 1.54) is 7.11 Å². The van der Waals surface area contributed by atoms with Gasteiger partial charge in [-0.3, -0.25) is 9.48 Å². The van der Waals surface area contributed by atoms with Crippen LogP contribution in [0.1, 0.15) is 50.9 Å². The van der Waals surface area contributed by atoms with Gasteiger partial charge in [0, 0.05) is 37.4 Å². The summed E-state index contributed by atoms with van der Waals surface area (Å²) in [5, 5.41) is 8.13. The Morgan fingerprint density at radius 3 is 2.61 bits per heavy atom. The number of rotatable bonds is 5. The number of aryl methyl sites for hydroxylation is 2. The molecule has 0 bridgehead atoms. The van der Waals surface area contributed by atoms with Crippen LogP contribution >= 0.6 is 0 Å². The molecule has 1 saturated heterocycles. The minimum atomic E-state index is -0.503. The number of methoxy groups -OCH3 is 1. The minimum Gasteiger partial charge on any atom is -0.465 e. The molecule has 3 aromatic rings. The lowest BCUT2D eigenvalue weighted by atomic mass is 10.1. The largest absolute Gasteiger partial charge is 0.465 e. The molecule has 0 atom stereocenters. The van der Waals surface area contributed by atoms with E-state index in [1.807, 2.05) is 26.1 Å².